The number of pyridine rings is 1. The fraction of sp³-hybridized carbons (Fsp3) is 0.100. The molecule has 0 unspecified atom stereocenters. The summed E-state index contributed by atoms with van der Waals surface area (Å²) < 4.78 is 5.22. The molecule has 0 aromatic carbocycles. The molecular weight excluding hydrogens is 196 g/mol. The molecule has 4 heteroatoms. The Balaban J connectivity index is 2.02. The number of thioether (sulfide) groups is 1. The molecule has 72 valence electrons. The normalized spacial score (nSPS) is 10.3. The van der Waals surface area contributed by atoms with Crippen LogP contribution < -0.4 is 5.73 Å². The average Bonchev–Trinajstić information content (AvgIpc) is 2.69. The number of anilines is 1. The third-order valence-corrected chi connectivity index (χ3v) is 2.87. The van der Waals surface area contributed by atoms with Crippen molar-refractivity contribution in [3.05, 3.63) is 42.6 Å². The Kier molecular flexibility index (Phi) is 2.74. The Morgan fingerprint density at radius 1 is 1.43 bits per heavy atom. The molecule has 0 aliphatic carbocycles. The van der Waals surface area contributed by atoms with E-state index in [1.807, 2.05) is 18.2 Å². The van der Waals surface area contributed by atoms with Gasteiger partial charge in [0, 0.05) is 11.1 Å². The smallest absolute Gasteiger partial charge is 0.113 e. The first-order chi connectivity index (χ1) is 6.86. The summed E-state index contributed by atoms with van der Waals surface area (Å²) >= 11 is 1.65. The van der Waals surface area contributed by atoms with Crippen molar-refractivity contribution in [2.24, 2.45) is 0 Å². The first-order valence-electron chi connectivity index (χ1n) is 4.21. The fourth-order valence-electron chi connectivity index (χ4n) is 1.07. The van der Waals surface area contributed by atoms with E-state index >= 15 is 0 Å². The summed E-state index contributed by atoms with van der Waals surface area (Å²) in [6.45, 7) is 0. The number of nitrogens with zero attached hydrogens (tertiary/aromatic N) is 1. The first-order valence-corrected chi connectivity index (χ1v) is 5.19. The summed E-state index contributed by atoms with van der Waals surface area (Å²) in [5.74, 6) is 1.74. The number of furan rings is 1. The molecule has 0 aliphatic heterocycles. The van der Waals surface area contributed by atoms with Gasteiger partial charge < -0.3 is 10.2 Å². The maximum absolute atomic E-state index is 5.75. The van der Waals surface area contributed by atoms with Gasteiger partial charge in [0.15, 0.2) is 0 Å². The van der Waals surface area contributed by atoms with Gasteiger partial charge in [-0.2, -0.15) is 0 Å². The van der Waals surface area contributed by atoms with Gasteiger partial charge in [0.2, 0.25) is 0 Å². The maximum atomic E-state index is 5.75. The zero-order valence-corrected chi connectivity index (χ0v) is 8.33. The second-order valence-corrected chi connectivity index (χ2v) is 3.80. The third-order valence-electron chi connectivity index (χ3n) is 1.76. The lowest BCUT2D eigenvalue weighted by atomic mass is 10.4. The van der Waals surface area contributed by atoms with Crippen LogP contribution in [0.15, 0.2) is 46.2 Å². The molecule has 2 heterocycles. The summed E-state index contributed by atoms with van der Waals surface area (Å²) in [5, 5.41) is 0. The molecular formula is C10H10N2OS. The van der Waals surface area contributed by atoms with Gasteiger partial charge in [0.25, 0.3) is 0 Å². The Morgan fingerprint density at radius 3 is 3.07 bits per heavy atom. The minimum absolute atomic E-state index is 0.712. The SMILES string of the molecule is Nc1cnccc1SCc1ccco1. The molecule has 2 aromatic rings. The van der Waals surface area contributed by atoms with E-state index in [4.69, 9.17) is 10.2 Å². The van der Waals surface area contributed by atoms with Crippen molar-refractivity contribution < 1.29 is 4.42 Å². The second-order valence-electron chi connectivity index (χ2n) is 2.78. The van der Waals surface area contributed by atoms with E-state index in [9.17, 15) is 0 Å². The number of nitrogen functional groups attached to an aromatic ring is 1. The van der Waals surface area contributed by atoms with Crippen LogP contribution >= 0.6 is 11.8 Å². The van der Waals surface area contributed by atoms with Crippen molar-refractivity contribution in [2.75, 3.05) is 5.73 Å². The highest BCUT2D eigenvalue weighted by molar-refractivity contribution is 7.98. The van der Waals surface area contributed by atoms with Gasteiger partial charge in [-0.25, -0.2) is 0 Å². The Morgan fingerprint density at radius 2 is 2.36 bits per heavy atom. The predicted molar refractivity (Wildman–Crippen MR) is 56.9 cm³/mol. The van der Waals surface area contributed by atoms with Crippen molar-refractivity contribution >= 4 is 17.4 Å². The van der Waals surface area contributed by atoms with Crippen LogP contribution in [0.1, 0.15) is 5.76 Å². The highest BCUT2D eigenvalue weighted by Gasteiger charge is 2.01. The van der Waals surface area contributed by atoms with Crippen LogP contribution in [0, 0.1) is 0 Å². The maximum Gasteiger partial charge on any atom is 0.113 e. The van der Waals surface area contributed by atoms with E-state index in [1.54, 1.807) is 30.4 Å². The molecule has 0 bridgehead atoms. The van der Waals surface area contributed by atoms with E-state index in [1.165, 1.54) is 0 Å². The van der Waals surface area contributed by atoms with E-state index in [0.29, 0.717) is 5.69 Å². The molecule has 0 radical (unpaired) electrons. The van der Waals surface area contributed by atoms with Gasteiger partial charge in [-0.3, -0.25) is 4.98 Å². The molecule has 0 saturated carbocycles. The highest BCUT2D eigenvalue weighted by atomic mass is 32.2. The lowest BCUT2D eigenvalue weighted by molar-refractivity contribution is 0.530. The lowest BCUT2D eigenvalue weighted by Crippen LogP contribution is -1.89. The van der Waals surface area contributed by atoms with Gasteiger partial charge in [-0.1, -0.05) is 0 Å². The highest BCUT2D eigenvalue weighted by Crippen LogP contribution is 2.26. The minimum Gasteiger partial charge on any atom is -0.468 e. The number of hydrogen-bond donors (Lipinski definition) is 1. The zero-order valence-electron chi connectivity index (χ0n) is 7.51. The van der Waals surface area contributed by atoms with E-state index in [2.05, 4.69) is 4.98 Å². The van der Waals surface area contributed by atoms with E-state index < -0.39 is 0 Å². The fourth-order valence-corrected chi connectivity index (χ4v) is 1.91. The minimum atomic E-state index is 0.712. The number of hydrogen-bond acceptors (Lipinski definition) is 4. The molecule has 3 nitrogen and oxygen atoms in total. The average molecular weight is 206 g/mol. The van der Waals surface area contributed by atoms with Crippen LogP contribution in [0.5, 0.6) is 0 Å². The number of aromatic nitrogens is 1. The number of nitrogens with two attached hydrogens (primary N) is 1. The molecule has 0 atom stereocenters. The zero-order chi connectivity index (χ0) is 9.80. The van der Waals surface area contributed by atoms with Gasteiger partial charge in [-0.05, 0) is 18.2 Å². The summed E-state index contributed by atoms with van der Waals surface area (Å²) in [5.41, 5.74) is 6.46. The summed E-state index contributed by atoms with van der Waals surface area (Å²) in [6.07, 6.45) is 5.07. The third kappa shape index (κ3) is 2.09. The first kappa shape index (κ1) is 9.15. The van der Waals surface area contributed by atoms with Crippen molar-refractivity contribution in [2.45, 2.75) is 10.6 Å². The molecule has 2 aromatic heterocycles. The van der Waals surface area contributed by atoms with Crippen molar-refractivity contribution in [3.63, 3.8) is 0 Å². The van der Waals surface area contributed by atoms with Crippen LogP contribution in [0.25, 0.3) is 0 Å². The molecule has 0 amide bonds. The topological polar surface area (TPSA) is 52.0 Å². The van der Waals surface area contributed by atoms with Crippen LogP contribution in [0.2, 0.25) is 0 Å². The van der Waals surface area contributed by atoms with Crippen LogP contribution in [0.3, 0.4) is 0 Å². The van der Waals surface area contributed by atoms with Crippen molar-refractivity contribution in [1.82, 2.24) is 4.98 Å². The Hall–Kier alpha value is -1.42. The van der Waals surface area contributed by atoms with Crippen LogP contribution in [-0.4, -0.2) is 4.98 Å². The molecule has 14 heavy (non-hydrogen) atoms. The summed E-state index contributed by atoms with van der Waals surface area (Å²) in [7, 11) is 0. The van der Waals surface area contributed by atoms with Crippen molar-refractivity contribution in [3.8, 4) is 0 Å². The summed E-state index contributed by atoms with van der Waals surface area (Å²) in [4.78, 5) is 4.97. The molecule has 0 saturated heterocycles. The van der Waals surface area contributed by atoms with E-state index in [0.717, 1.165) is 16.4 Å². The van der Waals surface area contributed by atoms with Crippen LogP contribution in [0.4, 0.5) is 5.69 Å². The largest absolute Gasteiger partial charge is 0.468 e. The van der Waals surface area contributed by atoms with Crippen LogP contribution in [-0.2, 0) is 5.75 Å². The monoisotopic (exact) mass is 206 g/mol. The quantitative estimate of drug-likeness (QED) is 0.784. The van der Waals surface area contributed by atoms with Gasteiger partial charge in [0.05, 0.1) is 23.9 Å². The predicted octanol–water partition coefficient (Wildman–Crippen LogP) is 2.55. The lowest BCUT2D eigenvalue weighted by Gasteiger charge is -2.01. The van der Waals surface area contributed by atoms with E-state index in [-0.39, 0.29) is 0 Å². The Labute approximate surface area is 86.3 Å². The second kappa shape index (κ2) is 4.19. The molecule has 0 aliphatic rings. The molecule has 2 rings (SSSR count). The van der Waals surface area contributed by atoms with Gasteiger partial charge in [-0.15, -0.1) is 11.8 Å². The molecule has 0 fully saturated rings. The Bertz CT molecular complexity index is 400. The molecule has 0 spiro atoms. The van der Waals surface area contributed by atoms with Gasteiger partial charge >= 0.3 is 0 Å². The van der Waals surface area contributed by atoms with Gasteiger partial charge in [0.1, 0.15) is 5.76 Å². The molecule has 2 N–H and O–H groups in total. The standard InChI is InChI=1S/C10H10N2OS/c11-9-6-12-4-3-10(9)14-7-8-2-1-5-13-8/h1-6H,7,11H2. The number of rotatable bonds is 3. The van der Waals surface area contributed by atoms with Crippen molar-refractivity contribution in [1.29, 1.82) is 0 Å². The summed E-state index contributed by atoms with van der Waals surface area (Å²) in [6, 6.07) is 5.74.